The molecule has 0 fully saturated rings. The van der Waals surface area contributed by atoms with Gasteiger partial charge in [-0.3, -0.25) is 13.8 Å². The van der Waals surface area contributed by atoms with Gasteiger partial charge in [-0.2, -0.15) is 0 Å². The third-order valence-electron chi connectivity index (χ3n) is 15.3. The lowest BCUT2D eigenvalue weighted by Gasteiger charge is -2.26. The minimum Gasteiger partial charge on any atom is -0.391 e. The van der Waals surface area contributed by atoms with Crippen molar-refractivity contribution in [3.8, 4) is 0 Å². The average Bonchev–Trinajstić information content (AvgIpc) is 3.35. The van der Waals surface area contributed by atoms with E-state index in [0.29, 0.717) is 23.9 Å². The number of nitrogens with one attached hydrogen (secondary N) is 1. The van der Waals surface area contributed by atoms with Crippen LogP contribution >= 0.6 is 7.82 Å². The molecule has 8 nitrogen and oxygen atoms in total. The monoisotopic (exact) mass is 1050 g/mol. The van der Waals surface area contributed by atoms with Gasteiger partial charge in [-0.05, 0) is 38.5 Å². The van der Waals surface area contributed by atoms with Crippen LogP contribution < -0.4 is 5.32 Å². The van der Waals surface area contributed by atoms with Crippen molar-refractivity contribution < 1.29 is 32.9 Å². The van der Waals surface area contributed by atoms with Crippen LogP contribution in [0.2, 0.25) is 0 Å². The molecule has 0 aliphatic heterocycles. The third kappa shape index (κ3) is 58.8. The highest BCUT2D eigenvalue weighted by molar-refractivity contribution is 7.47. The van der Waals surface area contributed by atoms with Gasteiger partial charge in [-0.15, -0.1) is 0 Å². The summed E-state index contributed by atoms with van der Waals surface area (Å²) in [6.45, 7) is 4.94. The van der Waals surface area contributed by atoms with Gasteiger partial charge in [0.05, 0.1) is 39.9 Å². The van der Waals surface area contributed by atoms with Gasteiger partial charge in [0.1, 0.15) is 13.2 Å². The lowest BCUT2D eigenvalue weighted by molar-refractivity contribution is -0.870. The molecule has 3 atom stereocenters. The van der Waals surface area contributed by atoms with Crippen LogP contribution in [-0.2, 0) is 18.4 Å². The van der Waals surface area contributed by atoms with Gasteiger partial charge in [-0.25, -0.2) is 4.57 Å². The number of nitrogens with zero attached hydrogens (tertiary/aromatic N) is 1. The Morgan fingerprint density at radius 3 is 1.05 bits per heavy atom. The summed E-state index contributed by atoms with van der Waals surface area (Å²) < 4.78 is 23.8. The van der Waals surface area contributed by atoms with Crippen molar-refractivity contribution in [1.82, 2.24) is 5.32 Å². The molecular formula is C64H130N2O6P+. The predicted molar refractivity (Wildman–Crippen MR) is 319 cm³/mol. The molecule has 436 valence electrons. The Bertz CT molecular complexity index is 1200. The summed E-state index contributed by atoms with van der Waals surface area (Å²) in [4.78, 5) is 23.4. The zero-order valence-corrected chi connectivity index (χ0v) is 50.8. The number of aliphatic hydroxyl groups excluding tert-OH is 1. The van der Waals surface area contributed by atoms with Gasteiger partial charge >= 0.3 is 7.82 Å². The summed E-state index contributed by atoms with van der Waals surface area (Å²) in [6, 6.07) is -0.761. The lowest BCUT2D eigenvalue weighted by atomic mass is 10.0. The normalized spacial score (nSPS) is 13.8. The van der Waals surface area contributed by atoms with E-state index in [1.54, 1.807) is 0 Å². The van der Waals surface area contributed by atoms with Crippen molar-refractivity contribution >= 4 is 13.7 Å². The van der Waals surface area contributed by atoms with Gasteiger partial charge in [0.2, 0.25) is 5.91 Å². The van der Waals surface area contributed by atoms with Crippen LogP contribution in [0.25, 0.3) is 0 Å². The predicted octanol–water partition coefficient (Wildman–Crippen LogP) is 20.2. The topological polar surface area (TPSA) is 105 Å². The first-order valence-corrected chi connectivity index (χ1v) is 34.0. The molecule has 0 bridgehead atoms. The second-order valence-corrected chi connectivity index (χ2v) is 25.3. The Labute approximate surface area is 456 Å². The number of phosphoric ester groups is 1. The van der Waals surface area contributed by atoms with Crippen molar-refractivity contribution in [1.29, 1.82) is 0 Å². The van der Waals surface area contributed by atoms with Crippen molar-refractivity contribution in [2.45, 2.75) is 353 Å². The lowest BCUT2D eigenvalue weighted by Crippen LogP contribution is -2.46. The molecule has 0 aromatic heterocycles. The first kappa shape index (κ1) is 72.2. The number of quaternary nitrogens is 1. The fourth-order valence-electron chi connectivity index (χ4n) is 10.2. The molecule has 0 rings (SSSR count). The second-order valence-electron chi connectivity index (χ2n) is 23.9. The number of phosphoric acid groups is 1. The van der Waals surface area contributed by atoms with Crippen LogP contribution in [0.1, 0.15) is 341 Å². The molecule has 0 saturated carbocycles. The van der Waals surface area contributed by atoms with E-state index in [1.807, 2.05) is 21.1 Å². The van der Waals surface area contributed by atoms with Crippen LogP contribution in [0.15, 0.2) is 12.2 Å². The van der Waals surface area contributed by atoms with Crippen molar-refractivity contribution in [2.24, 2.45) is 0 Å². The summed E-state index contributed by atoms with van der Waals surface area (Å²) in [6.07, 6.45) is 70.2. The van der Waals surface area contributed by atoms with E-state index in [9.17, 15) is 19.4 Å². The molecule has 73 heavy (non-hydrogen) atoms. The van der Waals surface area contributed by atoms with E-state index in [2.05, 4.69) is 31.3 Å². The first-order valence-electron chi connectivity index (χ1n) is 32.6. The number of unbranched alkanes of at least 4 members (excludes halogenated alkanes) is 46. The molecule has 0 saturated heterocycles. The molecule has 0 aliphatic rings. The Morgan fingerprint density at radius 2 is 0.740 bits per heavy atom. The Kier molecular flexibility index (Phi) is 55.4. The van der Waals surface area contributed by atoms with E-state index >= 15 is 0 Å². The summed E-state index contributed by atoms with van der Waals surface area (Å²) in [5.74, 6) is -0.143. The zero-order chi connectivity index (χ0) is 53.5. The zero-order valence-electron chi connectivity index (χ0n) is 49.9. The minimum absolute atomic E-state index is 0.0764. The number of hydrogen-bond acceptors (Lipinski definition) is 5. The molecular weight excluding hydrogens is 924 g/mol. The largest absolute Gasteiger partial charge is 0.472 e. The molecule has 0 heterocycles. The van der Waals surface area contributed by atoms with Crippen molar-refractivity contribution in [3.63, 3.8) is 0 Å². The fourth-order valence-corrected chi connectivity index (χ4v) is 10.9. The van der Waals surface area contributed by atoms with Gasteiger partial charge in [-0.1, -0.05) is 309 Å². The van der Waals surface area contributed by atoms with Gasteiger partial charge in [0, 0.05) is 6.42 Å². The second kappa shape index (κ2) is 56.0. The maximum Gasteiger partial charge on any atom is 0.472 e. The van der Waals surface area contributed by atoms with E-state index in [0.717, 1.165) is 38.5 Å². The van der Waals surface area contributed by atoms with E-state index in [1.165, 1.54) is 276 Å². The van der Waals surface area contributed by atoms with Crippen LogP contribution in [0.3, 0.4) is 0 Å². The van der Waals surface area contributed by atoms with Crippen molar-refractivity contribution in [2.75, 3.05) is 40.9 Å². The highest BCUT2D eigenvalue weighted by atomic mass is 31.2. The van der Waals surface area contributed by atoms with E-state index < -0.39 is 20.0 Å². The highest BCUT2D eigenvalue weighted by Crippen LogP contribution is 2.43. The maximum absolute atomic E-state index is 13.0. The molecule has 9 heteroatoms. The number of carbonyl (C=O) groups is 1. The minimum atomic E-state index is -4.32. The molecule has 3 N–H and O–H groups in total. The molecule has 0 aromatic carbocycles. The van der Waals surface area contributed by atoms with Crippen molar-refractivity contribution in [3.05, 3.63) is 12.2 Å². The summed E-state index contributed by atoms with van der Waals surface area (Å²) in [5, 5.41) is 14.1. The summed E-state index contributed by atoms with van der Waals surface area (Å²) >= 11 is 0. The van der Waals surface area contributed by atoms with E-state index in [4.69, 9.17) is 9.05 Å². The number of hydrogen-bond donors (Lipinski definition) is 3. The molecule has 0 aromatic rings. The maximum atomic E-state index is 13.0. The third-order valence-corrected chi connectivity index (χ3v) is 16.2. The number of rotatable bonds is 61. The average molecular weight is 1050 g/mol. The number of carbonyl (C=O) groups excluding carboxylic acids is 1. The number of allylic oxidation sites excluding steroid dienone is 2. The van der Waals surface area contributed by atoms with E-state index in [-0.39, 0.29) is 19.1 Å². The molecule has 0 spiro atoms. The highest BCUT2D eigenvalue weighted by Gasteiger charge is 2.28. The Morgan fingerprint density at radius 1 is 0.452 bits per heavy atom. The smallest absolute Gasteiger partial charge is 0.391 e. The standard InChI is InChI=1S/C64H129N2O6P/c1-6-8-10-12-14-16-18-20-22-24-26-27-28-29-30-31-32-33-34-35-36-37-38-39-40-41-43-45-47-49-51-53-55-57-63(67)62(61-72-73(69,70)71-60-59-66(3,4)5)65-64(68)58-56-54-52-50-48-46-44-42-25-23-21-19-17-15-13-11-9-7-2/h23,25,62-63,67H,6-22,24,26-61H2,1-5H3,(H-,65,68,69,70)/p+1/b25-23-. The molecule has 3 unspecified atom stereocenters. The number of aliphatic hydroxyl groups is 1. The van der Waals surface area contributed by atoms with Crippen LogP contribution in [0.4, 0.5) is 0 Å². The van der Waals surface area contributed by atoms with Crippen LogP contribution in [0.5, 0.6) is 0 Å². The summed E-state index contributed by atoms with van der Waals surface area (Å²) in [5.41, 5.74) is 0. The Hall–Kier alpha value is -0.760. The first-order chi connectivity index (χ1) is 35.5. The SMILES string of the molecule is CCCCCCCCC/C=C\CCCCCCCCCC(=O)NC(COP(=O)(O)OCC[N+](C)(C)C)C(O)CCCCCCCCCCCCCCCCCCCCCCCCCCCCCCCCCCC. The van der Waals surface area contributed by atoms with Gasteiger partial charge in [0.15, 0.2) is 0 Å². The molecule has 1 amide bonds. The Balaban J connectivity index is 3.98. The van der Waals surface area contributed by atoms with Gasteiger partial charge in [0.25, 0.3) is 0 Å². The fraction of sp³-hybridized carbons (Fsp3) is 0.953. The number of likely N-dealkylation sites (N-methyl/N-ethyl adjacent to an activating group) is 1. The number of amides is 1. The van der Waals surface area contributed by atoms with Crippen LogP contribution in [0, 0.1) is 0 Å². The summed E-state index contributed by atoms with van der Waals surface area (Å²) in [7, 11) is 1.63. The quantitative estimate of drug-likeness (QED) is 0.0243. The molecule has 0 aliphatic carbocycles. The van der Waals surface area contributed by atoms with Crippen LogP contribution in [-0.4, -0.2) is 73.4 Å². The van der Waals surface area contributed by atoms with Gasteiger partial charge < -0.3 is 19.8 Å². The molecule has 0 radical (unpaired) electrons.